The van der Waals surface area contributed by atoms with E-state index in [1.54, 1.807) is 0 Å². The summed E-state index contributed by atoms with van der Waals surface area (Å²) >= 11 is 0. The Hall–Kier alpha value is -2.97. The molecular formula is C21H28O13. The smallest absolute Gasteiger partial charge is 0.337 e. The van der Waals surface area contributed by atoms with Gasteiger partial charge in [-0.2, -0.15) is 0 Å². The predicted molar refractivity (Wildman–Crippen MR) is 110 cm³/mol. The maximum absolute atomic E-state index is 12.0. The molecule has 1 saturated heterocycles. The number of carbonyl (C=O) groups excluding carboxylic acids is 2. The Morgan fingerprint density at radius 3 is 2.29 bits per heavy atom. The van der Waals surface area contributed by atoms with Crippen molar-refractivity contribution in [1.82, 2.24) is 0 Å². The molecule has 0 aromatic heterocycles. The predicted octanol–water partition coefficient (Wildman–Crippen LogP) is -1.17. The molecule has 1 aromatic rings. The van der Waals surface area contributed by atoms with Crippen LogP contribution < -0.4 is 9.47 Å². The zero-order chi connectivity index (χ0) is 25.6. The van der Waals surface area contributed by atoms with Crippen LogP contribution in [0, 0.1) is 0 Å². The molecular weight excluding hydrogens is 460 g/mol. The van der Waals surface area contributed by atoms with Gasteiger partial charge in [0.05, 0.1) is 38.2 Å². The van der Waals surface area contributed by atoms with Crippen LogP contribution in [0.3, 0.4) is 0 Å². The van der Waals surface area contributed by atoms with Crippen LogP contribution in [0.15, 0.2) is 18.2 Å². The second-order valence-corrected chi connectivity index (χ2v) is 7.92. The first-order valence-corrected chi connectivity index (χ1v) is 10.1. The van der Waals surface area contributed by atoms with E-state index in [-0.39, 0.29) is 17.1 Å². The molecule has 1 aliphatic heterocycles. The Balaban J connectivity index is 2.08. The van der Waals surface area contributed by atoms with Crippen LogP contribution in [-0.2, 0) is 23.8 Å². The summed E-state index contributed by atoms with van der Waals surface area (Å²) in [5.74, 6) is -2.79. The van der Waals surface area contributed by atoms with Gasteiger partial charge in [0.1, 0.15) is 31.0 Å². The van der Waals surface area contributed by atoms with Crippen molar-refractivity contribution in [3.05, 3.63) is 23.8 Å². The van der Waals surface area contributed by atoms with Gasteiger partial charge in [0, 0.05) is 0 Å². The van der Waals surface area contributed by atoms with Crippen molar-refractivity contribution in [3.8, 4) is 11.5 Å². The van der Waals surface area contributed by atoms with E-state index in [1.165, 1.54) is 32.4 Å². The van der Waals surface area contributed by atoms with Gasteiger partial charge in [-0.05, 0) is 25.1 Å². The molecule has 34 heavy (non-hydrogen) atoms. The van der Waals surface area contributed by atoms with E-state index in [1.807, 2.05) is 0 Å². The van der Waals surface area contributed by atoms with Crippen LogP contribution in [0.4, 0.5) is 0 Å². The van der Waals surface area contributed by atoms with Gasteiger partial charge < -0.3 is 49.2 Å². The minimum absolute atomic E-state index is 0.0308. The third kappa shape index (κ3) is 7.01. The summed E-state index contributed by atoms with van der Waals surface area (Å²) in [4.78, 5) is 34.4. The first kappa shape index (κ1) is 27.3. The van der Waals surface area contributed by atoms with Crippen molar-refractivity contribution >= 4 is 17.9 Å². The number of carbonyl (C=O) groups is 3. The molecule has 1 aliphatic rings. The van der Waals surface area contributed by atoms with Gasteiger partial charge in [0.15, 0.2) is 11.5 Å². The third-order valence-corrected chi connectivity index (χ3v) is 4.96. The van der Waals surface area contributed by atoms with Gasteiger partial charge in [-0.15, -0.1) is 0 Å². The molecule has 1 aromatic carbocycles. The van der Waals surface area contributed by atoms with E-state index < -0.39 is 73.7 Å². The highest BCUT2D eigenvalue weighted by Gasteiger charge is 2.46. The number of ether oxygens (including phenoxy) is 5. The van der Waals surface area contributed by atoms with Crippen LogP contribution in [-0.4, -0.2) is 101 Å². The zero-order valence-corrected chi connectivity index (χ0v) is 18.7. The molecule has 0 radical (unpaired) electrons. The summed E-state index contributed by atoms with van der Waals surface area (Å²) in [5.41, 5.74) is -1.70. The lowest BCUT2D eigenvalue weighted by Crippen LogP contribution is -2.60. The van der Waals surface area contributed by atoms with Crippen molar-refractivity contribution in [1.29, 1.82) is 0 Å². The van der Waals surface area contributed by atoms with E-state index >= 15 is 0 Å². The fraction of sp³-hybridized carbons (Fsp3) is 0.571. The Kier molecular flexibility index (Phi) is 9.18. The summed E-state index contributed by atoms with van der Waals surface area (Å²) in [6, 6.07) is 4.04. The molecule has 0 bridgehead atoms. The number of esters is 2. The highest BCUT2D eigenvalue weighted by Crippen LogP contribution is 2.32. The number of aliphatic carboxylic acids is 1. The highest BCUT2D eigenvalue weighted by atomic mass is 16.7. The van der Waals surface area contributed by atoms with Crippen LogP contribution in [0.2, 0.25) is 0 Å². The Bertz CT molecular complexity index is 883. The summed E-state index contributed by atoms with van der Waals surface area (Å²) in [6.45, 7) is 0.558. The minimum Gasteiger partial charge on any atom is -0.493 e. The molecule has 1 unspecified atom stereocenters. The quantitative estimate of drug-likeness (QED) is 0.247. The van der Waals surface area contributed by atoms with Crippen LogP contribution in [0.25, 0.3) is 0 Å². The van der Waals surface area contributed by atoms with Crippen LogP contribution >= 0.6 is 0 Å². The van der Waals surface area contributed by atoms with Crippen LogP contribution in [0.1, 0.15) is 30.1 Å². The van der Waals surface area contributed by atoms with Crippen molar-refractivity contribution in [2.75, 3.05) is 20.8 Å². The Labute approximate surface area is 194 Å². The first-order valence-electron chi connectivity index (χ1n) is 10.1. The number of rotatable bonds is 10. The molecule has 2 rings (SSSR count). The maximum atomic E-state index is 12.0. The second kappa shape index (κ2) is 11.4. The van der Waals surface area contributed by atoms with Gasteiger partial charge in [0.2, 0.25) is 6.29 Å². The summed E-state index contributed by atoms with van der Waals surface area (Å²) in [6.07, 6.45) is -9.31. The second-order valence-electron chi connectivity index (χ2n) is 7.92. The van der Waals surface area contributed by atoms with Gasteiger partial charge in [-0.1, -0.05) is 0 Å². The van der Waals surface area contributed by atoms with Crippen molar-refractivity contribution < 1.29 is 63.6 Å². The largest absolute Gasteiger partial charge is 0.493 e. The number of hydrogen-bond acceptors (Lipinski definition) is 12. The number of hydrogen-bond donors (Lipinski definition) is 5. The molecule has 13 heteroatoms. The van der Waals surface area contributed by atoms with Crippen molar-refractivity contribution in [2.45, 2.75) is 56.1 Å². The monoisotopic (exact) mass is 488 g/mol. The van der Waals surface area contributed by atoms with Gasteiger partial charge in [0.25, 0.3) is 0 Å². The van der Waals surface area contributed by atoms with Gasteiger partial charge in [-0.3, -0.25) is 9.59 Å². The van der Waals surface area contributed by atoms with Crippen LogP contribution in [0.5, 0.6) is 11.5 Å². The Morgan fingerprint density at radius 2 is 1.71 bits per heavy atom. The Morgan fingerprint density at radius 1 is 1.03 bits per heavy atom. The molecule has 0 saturated carbocycles. The molecule has 13 nitrogen and oxygen atoms in total. The van der Waals surface area contributed by atoms with E-state index in [2.05, 4.69) is 4.74 Å². The van der Waals surface area contributed by atoms with Gasteiger partial charge in [-0.25, -0.2) is 4.79 Å². The number of methoxy groups -OCH3 is 2. The summed E-state index contributed by atoms with van der Waals surface area (Å²) in [7, 11) is 2.51. The first-order chi connectivity index (χ1) is 15.9. The van der Waals surface area contributed by atoms with Crippen molar-refractivity contribution in [3.63, 3.8) is 0 Å². The summed E-state index contributed by atoms with van der Waals surface area (Å²) in [5, 5.41) is 49.4. The number of carboxylic acids is 1. The number of carboxylic acid groups (broad SMARTS) is 1. The molecule has 0 amide bonds. The molecule has 5 N–H and O–H groups in total. The fourth-order valence-corrected chi connectivity index (χ4v) is 3.21. The minimum atomic E-state index is -1.86. The lowest BCUT2D eigenvalue weighted by atomic mass is 9.98. The molecule has 1 fully saturated rings. The lowest BCUT2D eigenvalue weighted by Gasteiger charge is -2.40. The van der Waals surface area contributed by atoms with E-state index in [0.717, 1.165) is 6.92 Å². The lowest BCUT2D eigenvalue weighted by molar-refractivity contribution is -0.278. The fourth-order valence-electron chi connectivity index (χ4n) is 3.21. The van der Waals surface area contributed by atoms with E-state index in [9.17, 15) is 34.8 Å². The van der Waals surface area contributed by atoms with E-state index in [4.69, 9.17) is 24.1 Å². The standard InChI is InChI=1S/C21H28O13/c1-21(29,7-14(22)23)8-15(24)32-9-13-16(25)17(26)18(27)20(34-13)33-11-5-4-10(19(28)31-3)6-12(11)30-2/h4-6,13,16-18,20,25-27,29H,7-9H2,1-3H3,(H,22,23)/t13-,16-,17+,18-,20-,21?/m1/s1. The van der Waals surface area contributed by atoms with Crippen molar-refractivity contribution in [2.24, 2.45) is 0 Å². The average molecular weight is 488 g/mol. The maximum Gasteiger partial charge on any atom is 0.337 e. The zero-order valence-electron chi connectivity index (χ0n) is 18.7. The molecule has 0 spiro atoms. The van der Waals surface area contributed by atoms with E-state index in [0.29, 0.717) is 0 Å². The molecule has 0 aliphatic carbocycles. The number of aliphatic hydroxyl groups is 4. The third-order valence-electron chi connectivity index (χ3n) is 4.96. The average Bonchev–Trinajstić information content (AvgIpc) is 2.76. The molecule has 1 heterocycles. The normalized spacial score (nSPS) is 26.1. The number of benzene rings is 1. The SMILES string of the molecule is COC(=O)c1ccc(O[C@@H]2O[C@H](COC(=O)CC(C)(O)CC(=O)O)[C@@H](O)[C@H](O)[C@H]2O)c(OC)c1. The topological polar surface area (TPSA) is 199 Å². The highest BCUT2D eigenvalue weighted by molar-refractivity contribution is 5.90. The molecule has 6 atom stereocenters. The van der Waals surface area contributed by atoms with Gasteiger partial charge >= 0.3 is 17.9 Å². The summed E-state index contributed by atoms with van der Waals surface area (Å²) < 4.78 is 25.8. The molecule has 190 valence electrons. The number of aliphatic hydroxyl groups excluding tert-OH is 3.